The largest absolute Gasteiger partial charge is 0.505 e. The summed E-state index contributed by atoms with van der Waals surface area (Å²) in [5.41, 5.74) is 1.80. The van der Waals surface area contributed by atoms with Gasteiger partial charge in [0, 0.05) is 5.56 Å². The second-order valence-corrected chi connectivity index (χ2v) is 9.74. The Hall–Kier alpha value is -0.910. The van der Waals surface area contributed by atoms with Gasteiger partial charge in [-0.2, -0.15) is 0 Å². The Labute approximate surface area is 168 Å². The molecule has 28 heavy (non-hydrogen) atoms. The van der Waals surface area contributed by atoms with Crippen LogP contribution in [0.1, 0.15) is 95.6 Å². The van der Waals surface area contributed by atoms with Crippen molar-refractivity contribution in [3.8, 4) is 5.75 Å². The van der Waals surface area contributed by atoms with E-state index in [0.717, 1.165) is 43.2 Å². The number of rotatable bonds is 10. The van der Waals surface area contributed by atoms with E-state index >= 15 is 0 Å². The zero-order valence-electron chi connectivity index (χ0n) is 17.3. The van der Waals surface area contributed by atoms with E-state index in [0.29, 0.717) is 12.2 Å². The fourth-order valence-electron chi connectivity index (χ4n) is 4.04. The van der Waals surface area contributed by atoms with Crippen molar-refractivity contribution in [2.45, 2.75) is 96.0 Å². The summed E-state index contributed by atoms with van der Waals surface area (Å²) in [6, 6.07) is 5.87. The average molecular weight is 414 g/mol. The normalized spacial score (nSPS) is 20.9. The predicted molar refractivity (Wildman–Crippen MR) is 109 cm³/mol. The van der Waals surface area contributed by atoms with Crippen molar-refractivity contribution in [2.24, 2.45) is 0 Å². The lowest BCUT2D eigenvalue weighted by Gasteiger charge is -2.30. The Morgan fingerprint density at radius 3 is 2.57 bits per heavy atom. The number of unbranched alkanes of at least 4 members (excludes halogenated alkanes) is 3. The van der Waals surface area contributed by atoms with Gasteiger partial charge in [0.05, 0.1) is 6.10 Å². The van der Waals surface area contributed by atoms with Gasteiger partial charge in [-0.1, -0.05) is 69.7 Å². The highest BCUT2D eigenvalue weighted by molar-refractivity contribution is 7.46. The zero-order chi connectivity index (χ0) is 20.8. The lowest BCUT2D eigenvalue weighted by Crippen LogP contribution is -2.20. The molecule has 1 aliphatic rings. The minimum atomic E-state index is -4.76. The van der Waals surface area contributed by atoms with Crippen LogP contribution in [-0.2, 0) is 14.7 Å². The molecule has 0 saturated heterocycles. The lowest BCUT2D eigenvalue weighted by molar-refractivity contribution is -0.123. The van der Waals surface area contributed by atoms with Gasteiger partial charge in [0.2, 0.25) is 0 Å². The third-order valence-corrected chi connectivity index (χ3v) is 6.03. The van der Waals surface area contributed by atoms with Crippen LogP contribution in [0.2, 0.25) is 0 Å². The van der Waals surface area contributed by atoms with E-state index in [2.05, 4.69) is 31.5 Å². The van der Waals surface area contributed by atoms with Crippen LogP contribution in [0.5, 0.6) is 5.75 Å². The van der Waals surface area contributed by atoms with Gasteiger partial charge < -0.3 is 19.8 Å². The summed E-state index contributed by atoms with van der Waals surface area (Å²) in [5, 5.41) is 10.0. The standard InChI is InChI=1S/C21H35O6P/c1-4-5-6-7-13-21(2,3)17-11-12-19(16-9-8-10-18(22)14-16)20(15-17)26-27-28(23,24)25/h11-12,15-16,18,22H,4-10,13-14H2,1-3H3,(H2,23,24,25)/t16-,18+/m0/s1. The first-order valence-corrected chi connectivity index (χ1v) is 11.9. The van der Waals surface area contributed by atoms with Crippen molar-refractivity contribution in [2.75, 3.05) is 0 Å². The topological polar surface area (TPSA) is 96.2 Å². The highest BCUT2D eigenvalue weighted by Gasteiger charge is 2.28. The third kappa shape index (κ3) is 7.16. The molecule has 0 aliphatic heterocycles. The Balaban J connectivity index is 2.24. The molecule has 7 heteroatoms. The maximum Gasteiger partial charge on any atom is 0.505 e. The summed E-state index contributed by atoms with van der Waals surface area (Å²) in [5.74, 6) is 0.419. The molecule has 0 spiro atoms. The van der Waals surface area contributed by atoms with E-state index in [9.17, 15) is 9.67 Å². The van der Waals surface area contributed by atoms with Crippen LogP contribution < -0.4 is 4.89 Å². The van der Waals surface area contributed by atoms with Gasteiger partial charge in [-0.05, 0) is 48.6 Å². The summed E-state index contributed by atoms with van der Waals surface area (Å²) < 4.78 is 15.5. The van der Waals surface area contributed by atoms with Gasteiger partial charge >= 0.3 is 7.82 Å². The van der Waals surface area contributed by atoms with Crippen molar-refractivity contribution in [3.05, 3.63) is 29.3 Å². The monoisotopic (exact) mass is 414 g/mol. The molecule has 1 aliphatic carbocycles. The minimum Gasteiger partial charge on any atom is -0.393 e. The van der Waals surface area contributed by atoms with Crippen LogP contribution in [-0.4, -0.2) is 21.0 Å². The van der Waals surface area contributed by atoms with Gasteiger partial charge in [0.15, 0.2) is 5.75 Å². The van der Waals surface area contributed by atoms with Crippen molar-refractivity contribution in [1.82, 2.24) is 0 Å². The van der Waals surface area contributed by atoms with Gasteiger partial charge in [-0.3, -0.25) is 0 Å². The van der Waals surface area contributed by atoms with E-state index in [1.807, 2.05) is 12.1 Å². The quantitative estimate of drug-likeness (QED) is 0.207. The molecule has 0 unspecified atom stereocenters. The average Bonchev–Trinajstić information content (AvgIpc) is 2.63. The molecular weight excluding hydrogens is 379 g/mol. The smallest absolute Gasteiger partial charge is 0.393 e. The SMILES string of the molecule is CCCCCCC(C)(C)c1ccc([C@H]2CCC[C@@H](O)C2)c(OOP(=O)(O)O)c1. The maximum atomic E-state index is 11.1. The van der Waals surface area contributed by atoms with Crippen molar-refractivity contribution in [3.63, 3.8) is 0 Å². The maximum absolute atomic E-state index is 11.1. The third-order valence-electron chi connectivity index (χ3n) is 5.76. The Morgan fingerprint density at radius 1 is 1.18 bits per heavy atom. The molecule has 160 valence electrons. The number of hydrogen-bond acceptors (Lipinski definition) is 4. The van der Waals surface area contributed by atoms with Crippen LogP contribution in [0.25, 0.3) is 0 Å². The van der Waals surface area contributed by atoms with E-state index in [-0.39, 0.29) is 17.4 Å². The second-order valence-electron chi connectivity index (χ2n) is 8.61. The summed E-state index contributed by atoms with van der Waals surface area (Å²) in [6.45, 7) is 6.54. The molecule has 1 fully saturated rings. The van der Waals surface area contributed by atoms with E-state index in [4.69, 9.17) is 14.7 Å². The van der Waals surface area contributed by atoms with Crippen LogP contribution in [0, 0.1) is 0 Å². The zero-order valence-corrected chi connectivity index (χ0v) is 18.2. The first-order valence-electron chi connectivity index (χ1n) is 10.4. The molecule has 0 bridgehead atoms. The first-order chi connectivity index (χ1) is 13.1. The van der Waals surface area contributed by atoms with Crippen LogP contribution in [0.3, 0.4) is 0 Å². The van der Waals surface area contributed by atoms with E-state index in [1.165, 1.54) is 19.3 Å². The van der Waals surface area contributed by atoms with Crippen molar-refractivity contribution < 1.29 is 29.0 Å². The summed E-state index contributed by atoms with van der Waals surface area (Å²) in [4.78, 5) is 23.2. The Kier molecular flexibility index (Phi) is 8.53. The summed E-state index contributed by atoms with van der Waals surface area (Å²) in [7, 11) is -4.76. The first kappa shape index (κ1) is 23.4. The number of aliphatic hydroxyl groups excluding tert-OH is 1. The van der Waals surface area contributed by atoms with Crippen LogP contribution in [0.15, 0.2) is 18.2 Å². The lowest BCUT2D eigenvalue weighted by atomic mass is 9.77. The fourth-order valence-corrected chi connectivity index (χ4v) is 4.22. The minimum absolute atomic E-state index is 0.0841. The molecule has 1 saturated carbocycles. The summed E-state index contributed by atoms with van der Waals surface area (Å²) in [6.07, 6.45) is 8.63. The van der Waals surface area contributed by atoms with Gasteiger partial charge in [0.1, 0.15) is 0 Å². The molecule has 0 radical (unpaired) electrons. The van der Waals surface area contributed by atoms with E-state index < -0.39 is 7.82 Å². The highest BCUT2D eigenvalue weighted by Crippen LogP contribution is 2.43. The number of benzene rings is 1. The Bertz CT molecular complexity index is 669. The second kappa shape index (κ2) is 10.2. The number of aliphatic hydroxyl groups is 1. The highest BCUT2D eigenvalue weighted by atomic mass is 31.2. The molecular formula is C21H35O6P. The Morgan fingerprint density at radius 2 is 1.93 bits per heavy atom. The molecule has 1 aromatic rings. The molecule has 2 atom stereocenters. The van der Waals surface area contributed by atoms with Gasteiger partial charge in [-0.25, -0.2) is 4.57 Å². The van der Waals surface area contributed by atoms with Crippen LogP contribution in [0.4, 0.5) is 0 Å². The molecule has 0 amide bonds. The molecule has 6 nitrogen and oxygen atoms in total. The van der Waals surface area contributed by atoms with Gasteiger partial charge in [0.25, 0.3) is 0 Å². The number of hydrogen-bond donors (Lipinski definition) is 3. The number of phosphoric acid groups is 1. The van der Waals surface area contributed by atoms with E-state index in [1.54, 1.807) is 0 Å². The molecule has 0 aromatic heterocycles. The van der Waals surface area contributed by atoms with Crippen molar-refractivity contribution in [1.29, 1.82) is 0 Å². The molecule has 3 N–H and O–H groups in total. The predicted octanol–water partition coefficient (Wildman–Crippen LogP) is 5.36. The summed E-state index contributed by atoms with van der Waals surface area (Å²) >= 11 is 0. The molecule has 1 aromatic carbocycles. The van der Waals surface area contributed by atoms with Gasteiger partial charge in [-0.15, -0.1) is 0 Å². The van der Waals surface area contributed by atoms with Crippen molar-refractivity contribution >= 4 is 7.82 Å². The van der Waals surface area contributed by atoms with Crippen LogP contribution >= 0.6 is 7.82 Å². The molecule has 2 rings (SSSR count). The fraction of sp³-hybridized carbons (Fsp3) is 0.714. The molecule has 0 heterocycles.